The highest BCUT2D eigenvalue weighted by atomic mass is 79.9. The van der Waals surface area contributed by atoms with Crippen molar-refractivity contribution in [3.63, 3.8) is 0 Å². The highest BCUT2D eigenvalue weighted by molar-refractivity contribution is 9.10. The third-order valence-corrected chi connectivity index (χ3v) is 4.16. The molecular weight excluding hydrogens is 312 g/mol. The van der Waals surface area contributed by atoms with Gasteiger partial charge >= 0.3 is 0 Å². The Hall–Kier alpha value is -1.32. The monoisotopic (exact) mass is 332 g/mol. The van der Waals surface area contributed by atoms with Crippen molar-refractivity contribution in [1.82, 2.24) is 5.32 Å². The minimum absolute atomic E-state index is 0.319. The molecule has 1 N–H and O–H groups in total. The number of hydrogen-bond acceptors (Lipinski definition) is 2. The molecule has 0 heterocycles. The van der Waals surface area contributed by atoms with E-state index in [1.165, 1.54) is 16.8 Å². The van der Waals surface area contributed by atoms with Gasteiger partial charge in [0.1, 0.15) is 0 Å². The maximum Gasteiger partial charge on any atom is 0.0361 e. The van der Waals surface area contributed by atoms with E-state index in [1.54, 1.807) is 0 Å². The van der Waals surface area contributed by atoms with E-state index in [-0.39, 0.29) is 0 Å². The summed E-state index contributed by atoms with van der Waals surface area (Å²) in [6, 6.07) is 17.3. The van der Waals surface area contributed by atoms with Crippen LogP contribution in [0.1, 0.15) is 24.1 Å². The molecule has 1 atom stereocenters. The van der Waals surface area contributed by atoms with Crippen molar-refractivity contribution in [2.45, 2.75) is 19.5 Å². The van der Waals surface area contributed by atoms with Crippen LogP contribution in [0, 0.1) is 0 Å². The summed E-state index contributed by atoms with van der Waals surface area (Å²) >= 11 is 3.60. The molecule has 0 aliphatic heterocycles. The standard InChI is InChI=1S/C17H21BrN2/c1-13(16-6-4-5-7-17(16)18)19-12-14-8-10-15(11-9-14)20(2)3/h4-11,13,19H,12H2,1-3H3. The topological polar surface area (TPSA) is 15.3 Å². The Kier molecular flexibility index (Phi) is 5.21. The van der Waals surface area contributed by atoms with Crippen LogP contribution in [0.25, 0.3) is 0 Å². The molecule has 0 aliphatic carbocycles. The normalized spacial score (nSPS) is 12.2. The first-order valence-corrected chi connectivity index (χ1v) is 7.61. The van der Waals surface area contributed by atoms with Gasteiger partial charge in [0, 0.05) is 36.8 Å². The molecule has 0 saturated carbocycles. The van der Waals surface area contributed by atoms with Gasteiger partial charge in [-0.2, -0.15) is 0 Å². The fourth-order valence-electron chi connectivity index (χ4n) is 2.12. The Bertz CT molecular complexity index is 549. The predicted molar refractivity (Wildman–Crippen MR) is 90.2 cm³/mol. The van der Waals surface area contributed by atoms with Crippen LogP contribution in [-0.2, 0) is 6.54 Å². The zero-order chi connectivity index (χ0) is 14.5. The van der Waals surface area contributed by atoms with Gasteiger partial charge in [-0.3, -0.25) is 0 Å². The molecule has 0 spiro atoms. The first-order valence-electron chi connectivity index (χ1n) is 6.82. The number of nitrogens with zero attached hydrogens (tertiary/aromatic N) is 1. The summed E-state index contributed by atoms with van der Waals surface area (Å²) in [5.41, 5.74) is 3.82. The van der Waals surface area contributed by atoms with Crippen molar-refractivity contribution in [3.8, 4) is 0 Å². The fourth-order valence-corrected chi connectivity index (χ4v) is 2.75. The lowest BCUT2D eigenvalue weighted by molar-refractivity contribution is 0.573. The number of anilines is 1. The van der Waals surface area contributed by atoms with Crippen LogP contribution >= 0.6 is 15.9 Å². The third-order valence-electron chi connectivity index (χ3n) is 3.44. The van der Waals surface area contributed by atoms with Crippen LogP contribution < -0.4 is 10.2 Å². The molecule has 0 radical (unpaired) electrons. The van der Waals surface area contributed by atoms with Crippen LogP contribution in [0.15, 0.2) is 53.0 Å². The second-order valence-electron chi connectivity index (χ2n) is 5.18. The highest BCUT2D eigenvalue weighted by Crippen LogP contribution is 2.23. The van der Waals surface area contributed by atoms with E-state index >= 15 is 0 Å². The van der Waals surface area contributed by atoms with Crippen molar-refractivity contribution >= 4 is 21.6 Å². The Balaban J connectivity index is 1.96. The van der Waals surface area contributed by atoms with E-state index in [9.17, 15) is 0 Å². The molecule has 2 aromatic carbocycles. The van der Waals surface area contributed by atoms with E-state index < -0.39 is 0 Å². The summed E-state index contributed by atoms with van der Waals surface area (Å²) < 4.78 is 1.16. The molecule has 0 aliphatic rings. The molecule has 0 saturated heterocycles. The molecule has 2 aromatic rings. The molecule has 0 amide bonds. The molecular formula is C17H21BrN2. The largest absolute Gasteiger partial charge is 0.378 e. The minimum Gasteiger partial charge on any atom is -0.378 e. The summed E-state index contributed by atoms with van der Waals surface area (Å²) in [5, 5.41) is 3.56. The number of benzene rings is 2. The summed E-state index contributed by atoms with van der Waals surface area (Å²) in [5.74, 6) is 0. The third kappa shape index (κ3) is 3.84. The van der Waals surface area contributed by atoms with Crippen LogP contribution in [-0.4, -0.2) is 14.1 Å². The van der Waals surface area contributed by atoms with Gasteiger partial charge in [-0.25, -0.2) is 0 Å². The van der Waals surface area contributed by atoms with Gasteiger partial charge in [0.2, 0.25) is 0 Å². The van der Waals surface area contributed by atoms with Gasteiger partial charge in [-0.05, 0) is 36.2 Å². The average molecular weight is 333 g/mol. The predicted octanol–water partition coefficient (Wildman–Crippen LogP) is 4.37. The number of nitrogens with one attached hydrogen (secondary N) is 1. The second kappa shape index (κ2) is 6.91. The molecule has 2 rings (SSSR count). The highest BCUT2D eigenvalue weighted by Gasteiger charge is 2.07. The van der Waals surface area contributed by atoms with E-state index in [0.717, 1.165) is 11.0 Å². The van der Waals surface area contributed by atoms with Gasteiger partial charge in [0.25, 0.3) is 0 Å². The number of rotatable bonds is 5. The Morgan fingerprint density at radius 1 is 1.05 bits per heavy atom. The number of halogens is 1. The van der Waals surface area contributed by atoms with Gasteiger partial charge in [0.15, 0.2) is 0 Å². The molecule has 3 heteroatoms. The van der Waals surface area contributed by atoms with Gasteiger partial charge < -0.3 is 10.2 Å². The molecule has 1 unspecified atom stereocenters. The van der Waals surface area contributed by atoms with E-state index in [4.69, 9.17) is 0 Å². The zero-order valence-corrected chi connectivity index (χ0v) is 13.8. The first kappa shape index (κ1) is 15.1. The van der Waals surface area contributed by atoms with E-state index in [2.05, 4.69) is 89.6 Å². The van der Waals surface area contributed by atoms with Gasteiger partial charge in [-0.1, -0.05) is 46.3 Å². The maximum atomic E-state index is 3.60. The van der Waals surface area contributed by atoms with Crippen molar-refractivity contribution in [2.24, 2.45) is 0 Å². The lowest BCUT2D eigenvalue weighted by Crippen LogP contribution is -2.18. The van der Waals surface area contributed by atoms with E-state index in [1.807, 2.05) is 6.07 Å². The lowest BCUT2D eigenvalue weighted by Gasteiger charge is -2.17. The smallest absolute Gasteiger partial charge is 0.0361 e. The van der Waals surface area contributed by atoms with Gasteiger partial charge in [-0.15, -0.1) is 0 Å². The summed E-state index contributed by atoms with van der Waals surface area (Å²) in [4.78, 5) is 2.11. The van der Waals surface area contributed by atoms with Crippen molar-refractivity contribution in [2.75, 3.05) is 19.0 Å². The molecule has 0 fully saturated rings. The number of hydrogen-bond donors (Lipinski definition) is 1. The van der Waals surface area contributed by atoms with Crippen LogP contribution in [0.4, 0.5) is 5.69 Å². The Morgan fingerprint density at radius 3 is 2.30 bits per heavy atom. The molecule has 2 nitrogen and oxygen atoms in total. The quantitative estimate of drug-likeness (QED) is 0.874. The second-order valence-corrected chi connectivity index (χ2v) is 6.04. The Labute approximate surface area is 129 Å². The van der Waals surface area contributed by atoms with Gasteiger partial charge in [0.05, 0.1) is 0 Å². The molecule has 0 bridgehead atoms. The lowest BCUT2D eigenvalue weighted by atomic mass is 10.1. The molecule has 106 valence electrons. The van der Waals surface area contributed by atoms with Crippen molar-refractivity contribution in [3.05, 3.63) is 64.1 Å². The first-order chi connectivity index (χ1) is 9.58. The fraction of sp³-hybridized carbons (Fsp3) is 0.294. The van der Waals surface area contributed by atoms with Crippen molar-refractivity contribution in [1.29, 1.82) is 0 Å². The van der Waals surface area contributed by atoms with Crippen molar-refractivity contribution < 1.29 is 0 Å². The van der Waals surface area contributed by atoms with Crippen LogP contribution in [0.3, 0.4) is 0 Å². The SMILES string of the molecule is CC(NCc1ccc(N(C)C)cc1)c1ccccc1Br. The zero-order valence-electron chi connectivity index (χ0n) is 12.2. The minimum atomic E-state index is 0.319. The molecule has 0 aromatic heterocycles. The van der Waals surface area contributed by atoms with Crippen LogP contribution in [0.5, 0.6) is 0 Å². The average Bonchev–Trinajstić information content (AvgIpc) is 2.45. The van der Waals surface area contributed by atoms with Crippen LogP contribution in [0.2, 0.25) is 0 Å². The maximum absolute atomic E-state index is 3.60. The summed E-state index contributed by atoms with van der Waals surface area (Å²) in [6.45, 7) is 3.06. The summed E-state index contributed by atoms with van der Waals surface area (Å²) in [7, 11) is 4.12. The summed E-state index contributed by atoms with van der Waals surface area (Å²) in [6.07, 6.45) is 0. The van der Waals surface area contributed by atoms with E-state index in [0.29, 0.717) is 6.04 Å². The molecule has 20 heavy (non-hydrogen) atoms. The Morgan fingerprint density at radius 2 is 1.70 bits per heavy atom.